The Morgan fingerprint density at radius 2 is 1.96 bits per heavy atom. The van der Waals surface area contributed by atoms with Crippen LogP contribution in [0.5, 0.6) is 0 Å². The first-order chi connectivity index (χ1) is 13.5. The number of fused-ring (bicyclic) bond motifs is 1. The third kappa shape index (κ3) is 3.44. The average molecular weight is 393 g/mol. The van der Waals surface area contributed by atoms with Gasteiger partial charge in [-0.05, 0) is 42.3 Å². The molecule has 0 aliphatic carbocycles. The summed E-state index contributed by atoms with van der Waals surface area (Å²) in [5, 5.41) is 3.25. The van der Waals surface area contributed by atoms with Crippen molar-refractivity contribution in [2.24, 2.45) is 0 Å². The number of amides is 1. The molecule has 0 saturated heterocycles. The maximum Gasteiger partial charge on any atom is 0.266 e. The van der Waals surface area contributed by atoms with E-state index in [4.69, 9.17) is 0 Å². The summed E-state index contributed by atoms with van der Waals surface area (Å²) in [5.74, 6) is -0.631. The van der Waals surface area contributed by atoms with Crippen molar-refractivity contribution in [1.29, 1.82) is 0 Å². The zero-order valence-electron chi connectivity index (χ0n) is 15.0. The summed E-state index contributed by atoms with van der Waals surface area (Å²) in [5.41, 5.74) is 1.69. The lowest BCUT2D eigenvalue weighted by molar-refractivity contribution is 0.103. The molecule has 0 atom stereocenters. The molecule has 4 rings (SSSR count). The predicted octanol–water partition coefficient (Wildman–Crippen LogP) is 4.21. The summed E-state index contributed by atoms with van der Waals surface area (Å²) >= 11 is 1.19. The molecule has 0 saturated carbocycles. The molecular weight excluding hydrogens is 377 g/mol. The minimum atomic E-state index is -0.355. The number of aryl methyl sites for hydroxylation is 1. The van der Waals surface area contributed by atoms with E-state index in [1.807, 2.05) is 18.2 Å². The van der Waals surface area contributed by atoms with Gasteiger partial charge in [0.15, 0.2) is 0 Å². The molecule has 28 heavy (non-hydrogen) atoms. The smallest absolute Gasteiger partial charge is 0.266 e. The Labute approximate surface area is 164 Å². The predicted molar refractivity (Wildman–Crippen MR) is 109 cm³/mol. The Morgan fingerprint density at radius 1 is 1.18 bits per heavy atom. The summed E-state index contributed by atoms with van der Waals surface area (Å²) < 4.78 is 14.8. The fourth-order valence-electron chi connectivity index (χ4n) is 3.03. The highest BCUT2D eigenvalue weighted by Gasteiger charge is 2.19. The fraction of sp³-hybridized carbons (Fsp3) is 0.0952. The Bertz CT molecular complexity index is 1230. The number of nitrogens with one attached hydrogen (secondary N) is 1. The van der Waals surface area contributed by atoms with Gasteiger partial charge in [0.2, 0.25) is 0 Å². The number of halogens is 1. The van der Waals surface area contributed by atoms with Gasteiger partial charge in [0, 0.05) is 5.69 Å². The van der Waals surface area contributed by atoms with Crippen LogP contribution in [0.3, 0.4) is 0 Å². The van der Waals surface area contributed by atoms with Crippen LogP contribution in [0.25, 0.3) is 10.2 Å². The van der Waals surface area contributed by atoms with E-state index in [-0.39, 0.29) is 23.8 Å². The molecule has 7 heteroatoms. The molecule has 0 aliphatic rings. The van der Waals surface area contributed by atoms with Gasteiger partial charge >= 0.3 is 0 Å². The average Bonchev–Trinajstić information content (AvgIpc) is 3.02. The van der Waals surface area contributed by atoms with E-state index in [1.165, 1.54) is 34.4 Å². The van der Waals surface area contributed by atoms with Gasteiger partial charge in [-0.3, -0.25) is 14.2 Å². The van der Waals surface area contributed by atoms with Crippen molar-refractivity contribution in [3.05, 3.63) is 93.1 Å². The molecule has 0 unspecified atom stereocenters. The van der Waals surface area contributed by atoms with E-state index in [1.54, 1.807) is 31.2 Å². The summed E-state index contributed by atoms with van der Waals surface area (Å²) in [6.45, 7) is 1.95. The lowest BCUT2D eigenvalue weighted by Gasteiger charge is -2.06. The van der Waals surface area contributed by atoms with E-state index in [2.05, 4.69) is 10.3 Å². The summed E-state index contributed by atoms with van der Waals surface area (Å²) in [4.78, 5) is 30.9. The fourth-order valence-corrected chi connectivity index (χ4v) is 4.06. The number of para-hydroxylation sites is 1. The van der Waals surface area contributed by atoms with Gasteiger partial charge in [-0.2, -0.15) is 0 Å². The summed E-state index contributed by atoms with van der Waals surface area (Å²) in [6.07, 6.45) is 1.43. The van der Waals surface area contributed by atoms with Crippen LogP contribution in [0, 0.1) is 12.7 Å². The number of aromatic nitrogens is 2. The van der Waals surface area contributed by atoms with Crippen molar-refractivity contribution in [2.45, 2.75) is 13.5 Å². The molecule has 2 aromatic heterocycles. The van der Waals surface area contributed by atoms with Crippen molar-refractivity contribution in [2.75, 3.05) is 5.32 Å². The van der Waals surface area contributed by atoms with Crippen LogP contribution >= 0.6 is 11.3 Å². The van der Waals surface area contributed by atoms with Crippen molar-refractivity contribution in [3.8, 4) is 0 Å². The van der Waals surface area contributed by atoms with Crippen molar-refractivity contribution < 1.29 is 9.18 Å². The molecule has 0 bridgehead atoms. The Kier molecular flexibility index (Phi) is 4.75. The summed E-state index contributed by atoms with van der Waals surface area (Å²) in [6, 6.07) is 15.2. The van der Waals surface area contributed by atoms with Gasteiger partial charge in [0.1, 0.15) is 10.6 Å². The number of benzene rings is 2. The second-order valence-corrected chi connectivity index (χ2v) is 7.36. The Balaban J connectivity index is 1.70. The second-order valence-electron chi connectivity index (χ2n) is 6.36. The number of rotatable bonds is 4. The zero-order valence-corrected chi connectivity index (χ0v) is 15.8. The largest absolute Gasteiger partial charge is 0.321 e. The number of carbonyl (C=O) groups is 1. The molecule has 1 N–H and O–H groups in total. The van der Waals surface area contributed by atoms with E-state index < -0.39 is 0 Å². The van der Waals surface area contributed by atoms with Gasteiger partial charge in [0.25, 0.3) is 11.5 Å². The van der Waals surface area contributed by atoms with Crippen LogP contribution in [-0.2, 0) is 6.54 Å². The highest BCUT2D eigenvalue weighted by Crippen LogP contribution is 2.27. The number of nitrogens with zero attached hydrogens (tertiary/aromatic N) is 2. The first-order valence-electron chi connectivity index (χ1n) is 8.62. The van der Waals surface area contributed by atoms with E-state index in [0.29, 0.717) is 31.9 Å². The van der Waals surface area contributed by atoms with Crippen LogP contribution < -0.4 is 10.9 Å². The highest BCUT2D eigenvalue weighted by molar-refractivity contribution is 7.20. The molecule has 4 aromatic rings. The minimum Gasteiger partial charge on any atom is -0.321 e. The molecule has 0 spiro atoms. The van der Waals surface area contributed by atoms with Crippen molar-refractivity contribution in [1.82, 2.24) is 9.55 Å². The molecule has 2 aromatic carbocycles. The standard InChI is InChI=1S/C21H16FN3O2S/c1-13-17-20(28-18(13)19(26)24-16-8-3-2-4-9-16)23-12-25(21(17)27)11-14-6-5-7-15(22)10-14/h2-10,12H,11H2,1H3,(H,24,26). The monoisotopic (exact) mass is 393 g/mol. The summed E-state index contributed by atoms with van der Waals surface area (Å²) in [7, 11) is 0. The van der Waals surface area contributed by atoms with Gasteiger partial charge < -0.3 is 5.32 Å². The Hall–Kier alpha value is -3.32. The first-order valence-corrected chi connectivity index (χ1v) is 9.44. The van der Waals surface area contributed by atoms with E-state index in [0.717, 1.165) is 0 Å². The van der Waals surface area contributed by atoms with Crippen LogP contribution in [-0.4, -0.2) is 15.5 Å². The third-order valence-electron chi connectivity index (χ3n) is 4.40. The number of hydrogen-bond donors (Lipinski definition) is 1. The second kappa shape index (κ2) is 7.36. The van der Waals surface area contributed by atoms with Gasteiger partial charge in [0.05, 0.1) is 23.1 Å². The lowest BCUT2D eigenvalue weighted by Crippen LogP contribution is -2.21. The molecule has 1 amide bonds. The molecule has 0 radical (unpaired) electrons. The first kappa shape index (κ1) is 18.1. The molecule has 0 aliphatic heterocycles. The normalized spacial score (nSPS) is 10.9. The number of hydrogen-bond acceptors (Lipinski definition) is 4. The third-order valence-corrected chi connectivity index (χ3v) is 5.60. The molecule has 2 heterocycles. The van der Waals surface area contributed by atoms with Gasteiger partial charge in [-0.15, -0.1) is 11.3 Å². The zero-order chi connectivity index (χ0) is 19.7. The van der Waals surface area contributed by atoms with Crippen molar-refractivity contribution in [3.63, 3.8) is 0 Å². The minimum absolute atomic E-state index is 0.209. The SMILES string of the molecule is Cc1c(C(=O)Nc2ccccc2)sc2ncn(Cc3cccc(F)c3)c(=O)c12. The quantitative estimate of drug-likeness (QED) is 0.565. The maximum absolute atomic E-state index is 13.4. The highest BCUT2D eigenvalue weighted by atomic mass is 32.1. The molecule has 5 nitrogen and oxygen atoms in total. The van der Waals surface area contributed by atoms with Gasteiger partial charge in [-0.1, -0.05) is 30.3 Å². The maximum atomic E-state index is 13.4. The Morgan fingerprint density at radius 3 is 2.71 bits per heavy atom. The van der Waals surface area contributed by atoms with Crippen molar-refractivity contribution >= 4 is 33.1 Å². The van der Waals surface area contributed by atoms with E-state index in [9.17, 15) is 14.0 Å². The number of carbonyl (C=O) groups excluding carboxylic acids is 1. The van der Waals surface area contributed by atoms with E-state index >= 15 is 0 Å². The van der Waals surface area contributed by atoms with Crippen LogP contribution in [0.15, 0.2) is 65.7 Å². The lowest BCUT2D eigenvalue weighted by atomic mass is 10.2. The molecule has 140 valence electrons. The number of anilines is 1. The molecule has 0 fully saturated rings. The van der Waals surface area contributed by atoms with Crippen LogP contribution in [0.4, 0.5) is 10.1 Å². The van der Waals surface area contributed by atoms with Crippen LogP contribution in [0.1, 0.15) is 20.8 Å². The van der Waals surface area contributed by atoms with Crippen LogP contribution in [0.2, 0.25) is 0 Å². The van der Waals surface area contributed by atoms with Gasteiger partial charge in [-0.25, -0.2) is 9.37 Å². The topological polar surface area (TPSA) is 64.0 Å². The molecular formula is C21H16FN3O2S. The number of thiophene rings is 1.